The Balaban J connectivity index is 0.00000259. The summed E-state index contributed by atoms with van der Waals surface area (Å²) in [6.45, 7) is 5.02. The van der Waals surface area contributed by atoms with Crippen molar-refractivity contribution in [1.82, 2.24) is 4.90 Å². The van der Waals surface area contributed by atoms with Crippen molar-refractivity contribution in [1.29, 1.82) is 0 Å². The van der Waals surface area contributed by atoms with Crippen LogP contribution in [0.4, 0.5) is 4.39 Å². The molecule has 174 valence electrons. The zero-order chi connectivity index (χ0) is 21.9. The molecule has 2 heterocycles. The number of piperidine rings is 1. The van der Waals surface area contributed by atoms with Gasteiger partial charge in [-0.05, 0) is 61.2 Å². The molecule has 3 aromatic carbocycles. The number of nitrogens with zero attached hydrogens (tertiary/aromatic N) is 1. The number of likely N-dealkylation sites (tertiary alicyclic amines) is 1. The summed E-state index contributed by atoms with van der Waals surface area (Å²) in [4.78, 5) is 2.53. The van der Waals surface area contributed by atoms with Gasteiger partial charge in [-0.3, -0.25) is 4.90 Å². The summed E-state index contributed by atoms with van der Waals surface area (Å²) in [5.41, 5.74) is 2.50. The molecule has 0 bridgehead atoms. The molecule has 0 radical (unpaired) electrons. The third-order valence-electron chi connectivity index (χ3n) is 6.70. The van der Waals surface area contributed by atoms with Gasteiger partial charge in [-0.15, -0.1) is 12.4 Å². The summed E-state index contributed by atoms with van der Waals surface area (Å²) in [6.07, 6.45) is 1.01. The standard InChI is InChI=1S/C27H28FNO3.ClH/c1-19(20-5-3-2-4-6-20)29-14-13-25(21-7-9-23(28)10-8-21)22(16-29)17-30-24-11-12-26-27(15-24)32-18-31-26;/h2-12,15,19,22,25H,13-14,16-18H2,1H3;1H/t19-,22-,25-;/m0./s1. The van der Waals surface area contributed by atoms with Gasteiger partial charge in [-0.25, -0.2) is 4.39 Å². The molecule has 0 unspecified atom stereocenters. The van der Waals surface area contributed by atoms with Gasteiger partial charge in [-0.1, -0.05) is 42.5 Å². The Morgan fingerprint density at radius 3 is 2.55 bits per heavy atom. The van der Waals surface area contributed by atoms with E-state index in [-0.39, 0.29) is 30.9 Å². The molecular weight excluding hydrogens is 441 g/mol. The zero-order valence-electron chi connectivity index (χ0n) is 18.7. The van der Waals surface area contributed by atoms with Crippen molar-refractivity contribution in [2.45, 2.75) is 25.3 Å². The van der Waals surface area contributed by atoms with E-state index in [4.69, 9.17) is 14.2 Å². The second kappa shape index (κ2) is 10.4. The molecule has 6 heteroatoms. The van der Waals surface area contributed by atoms with Crippen LogP contribution in [0.5, 0.6) is 17.2 Å². The molecule has 5 rings (SSSR count). The monoisotopic (exact) mass is 469 g/mol. The van der Waals surface area contributed by atoms with Crippen molar-refractivity contribution in [3.8, 4) is 17.2 Å². The third-order valence-corrected chi connectivity index (χ3v) is 6.70. The molecule has 0 aliphatic carbocycles. The number of fused-ring (bicyclic) bond motifs is 1. The zero-order valence-corrected chi connectivity index (χ0v) is 19.5. The smallest absolute Gasteiger partial charge is 0.231 e. The molecule has 0 N–H and O–H groups in total. The summed E-state index contributed by atoms with van der Waals surface area (Å²) in [6, 6.07) is 23.6. The predicted molar refractivity (Wildman–Crippen MR) is 129 cm³/mol. The van der Waals surface area contributed by atoms with Crippen LogP contribution in [0, 0.1) is 11.7 Å². The SMILES string of the molecule is C[C@@H](c1ccccc1)N1CC[C@@H](c2ccc(F)cc2)[C@H](COc2ccc3c(c2)OCO3)C1.Cl. The van der Waals surface area contributed by atoms with Crippen molar-refractivity contribution in [2.24, 2.45) is 5.92 Å². The van der Waals surface area contributed by atoms with Gasteiger partial charge in [0.15, 0.2) is 11.5 Å². The van der Waals surface area contributed by atoms with Gasteiger partial charge < -0.3 is 14.2 Å². The average molecular weight is 470 g/mol. The van der Waals surface area contributed by atoms with Crippen molar-refractivity contribution >= 4 is 12.4 Å². The Labute approximate surface area is 200 Å². The van der Waals surface area contributed by atoms with Crippen LogP contribution in [0.2, 0.25) is 0 Å². The minimum atomic E-state index is -0.197. The summed E-state index contributed by atoms with van der Waals surface area (Å²) < 4.78 is 30.7. The Bertz CT molecular complexity index is 1050. The second-order valence-electron chi connectivity index (χ2n) is 8.61. The molecule has 0 aromatic heterocycles. The Morgan fingerprint density at radius 2 is 1.76 bits per heavy atom. The van der Waals surface area contributed by atoms with E-state index in [9.17, 15) is 4.39 Å². The molecule has 1 fully saturated rings. The van der Waals surface area contributed by atoms with Crippen LogP contribution in [0.25, 0.3) is 0 Å². The average Bonchev–Trinajstić information content (AvgIpc) is 3.31. The molecule has 0 saturated carbocycles. The van der Waals surface area contributed by atoms with Crippen LogP contribution in [0.15, 0.2) is 72.8 Å². The van der Waals surface area contributed by atoms with E-state index in [2.05, 4.69) is 42.2 Å². The topological polar surface area (TPSA) is 30.9 Å². The first kappa shape index (κ1) is 23.4. The van der Waals surface area contributed by atoms with Crippen LogP contribution < -0.4 is 14.2 Å². The molecule has 2 aliphatic rings. The van der Waals surface area contributed by atoms with Gasteiger partial charge in [-0.2, -0.15) is 0 Å². The minimum Gasteiger partial charge on any atom is -0.493 e. The van der Waals surface area contributed by atoms with Crippen LogP contribution in [0.3, 0.4) is 0 Å². The molecule has 0 spiro atoms. The lowest BCUT2D eigenvalue weighted by Crippen LogP contribution is -2.43. The lowest BCUT2D eigenvalue weighted by atomic mass is 9.80. The maximum Gasteiger partial charge on any atom is 0.231 e. The summed E-state index contributed by atoms with van der Waals surface area (Å²) in [7, 11) is 0. The maximum absolute atomic E-state index is 13.5. The fraction of sp³-hybridized carbons (Fsp3) is 0.333. The highest BCUT2D eigenvalue weighted by Crippen LogP contribution is 2.38. The van der Waals surface area contributed by atoms with Gasteiger partial charge >= 0.3 is 0 Å². The van der Waals surface area contributed by atoms with Gasteiger partial charge in [0.05, 0.1) is 6.61 Å². The quantitative estimate of drug-likeness (QED) is 0.428. The maximum atomic E-state index is 13.5. The summed E-state index contributed by atoms with van der Waals surface area (Å²) in [5, 5.41) is 0. The van der Waals surface area contributed by atoms with E-state index in [0.29, 0.717) is 18.6 Å². The van der Waals surface area contributed by atoms with E-state index in [0.717, 1.165) is 36.8 Å². The highest BCUT2D eigenvalue weighted by Gasteiger charge is 2.33. The van der Waals surface area contributed by atoms with Crippen LogP contribution >= 0.6 is 12.4 Å². The largest absolute Gasteiger partial charge is 0.493 e. The fourth-order valence-corrected chi connectivity index (χ4v) is 4.84. The Morgan fingerprint density at radius 1 is 1.00 bits per heavy atom. The molecule has 1 saturated heterocycles. The highest BCUT2D eigenvalue weighted by molar-refractivity contribution is 5.85. The number of benzene rings is 3. The van der Waals surface area contributed by atoms with E-state index in [1.165, 1.54) is 11.1 Å². The summed E-state index contributed by atoms with van der Waals surface area (Å²) in [5.74, 6) is 2.66. The number of halogens is 2. The van der Waals surface area contributed by atoms with E-state index in [1.54, 1.807) is 12.1 Å². The minimum absolute atomic E-state index is 0. The lowest BCUT2D eigenvalue weighted by Gasteiger charge is -2.41. The second-order valence-corrected chi connectivity index (χ2v) is 8.61. The van der Waals surface area contributed by atoms with Gasteiger partial charge in [0.2, 0.25) is 6.79 Å². The number of hydrogen-bond donors (Lipinski definition) is 0. The van der Waals surface area contributed by atoms with Crippen LogP contribution in [-0.4, -0.2) is 31.4 Å². The molecule has 3 atom stereocenters. The predicted octanol–water partition coefficient (Wildman–Crippen LogP) is 6.22. The van der Waals surface area contributed by atoms with E-state index < -0.39 is 0 Å². The van der Waals surface area contributed by atoms with Crippen molar-refractivity contribution in [3.63, 3.8) is 0 Å². The first-order valence-corrected chi connectivity index (χ1v) is 11.2. The van der Waals surface area contributed by atoms with Crippen molar-refractivity contribution in [2.75, 3.05) is 26.5 Å². The fourth-order valence-electron chi connectivity index (χ4n) is 4.84. The molecular formula is C27H29ClFNO3. The van der Waals surface area contributed by atoms with E-state index >= 15 is 0 Å². The third kappa shape index (κ3) is 5.26. The molecule has 0 amide bonds. The van der Waals surface area contributed by atoms with Gasteiger partial charge in [0.1, 0.15) is 11.6 Å². The number of rotatable bonds is 6. The lowest BCUT2D eigenvalue weighted by molar-refractivity contribution is 0.0840. The first-order valence-electron chi connectivity index (χ1n) is 11.2. The molecule has 3 aromatic rings. The number of ether oxygens (including phenoxy) is 3. The number of hydrogen-bond acceptors (Lipinski definition) is 4. The molecule has 4 nitrogen and oxygen atoms in total. The van der Waals surface area contributed by atoms with Crippen LogP contribution in [-0.2, 0) is 0 Å². The van der Waals surface area contributed by atoms with Crippen LogP contribution in [0.1, 0.15) is 36.4 Å². The Hall–Kier alpha value is -2.76. The molecule has 2 aliphatic heterocycles. The van der Waals surface area contributed by atoms with Crippen molar-refractivity contribution in [3.05, 3.63) is 89.7 Å². The Kier molecular flexibility index (Phi) is 7.41. The summed E-state index contributed by atoms with van der Waals surface area (Å²) >= 11 is 0. The van der Waals surface area contributed by atoms with E-state index in [1.807, 2.05) is 30.3 Å². The molecule has 33 heavy (non-hydrogen) atoms. The van der Waals surface area contributed by atoms with Crippen molar-refractivity contribution < 1.29 is 18.6 Å². The normalized spacial score (nSPS) is 20.7. The first-order chi connectivity index (χ1) is 15.7. The van der Waals surface area contributed by atoms with Gasteiger partial charge in [0, 0.05) is 24.6 Å². The highest BCUT2D eigenvalue weighted by atomic mass is 35.5. The van der Waals surface area contributed by atoms with Gasteiger partial charge in [0.25, 0.3) is 0 Å².